The summed E-state index contributed by atoms with van der Waals surface area (Å²) in [6.45, 7) is 1.33. The van der Waals surface area contributed by atoms with Crippen LogP contribution >= 0.6 is 0 Å². The maximum absolute atomic E-state index is 11.8. The van der Waals surface area contributed by atoms with Crippen molar-refractivity contribution in [1.82, 2.24) is 0 Å². The van der Waals surface area contributed by atoms with Crippen LogP contribution in [-0.4, -0.2) is 37.3 Å². The van der Waals surface area contributed by atoms with E-state index in [1.807, 2.05) is 0 Å². The molecule has 0 amide bonds. The topological polar surface area (TPSA) is 54.4 Å². The Labute approximate surface area is 65.6 Å². The van der Waals surface area contributed by atoms with Gasteiger partial charge in [0.25, 0.3) is 10.1 Å². The van der Waals surface area contributed by atoms with Gasteiger partial charge in [0.05, 0.1) is 0 Å². The van der Waals surface area contributed by atoms with Crippen molar-refractivity contribution in [3.05, 3.63) is 0 Å². The van der Waals surface area contributed by atoms with E-state index in [1.165, 1.54) is 6.92 Å². The molecule has 0 aliphatic carbocycles. The Balaban J connectivity index is 0. The monoisotopic (exact) mass is 150 g/mol. The summed E-state index contributed by atoms with van der Waals surface area (Å²) in [6, 6.07) is 0. The molecular weight excluding hydrogens is 142 g/mol. The van der Waals surface area contributed by atoms with Gasteiger partial charge in [-0.05, 0) is 6.42 Å². The maximum atomic E-state index is 11.8. The van der Waals surface area contributed by atoms with Crippen molar-refractivity contribution in [3.8, 4) is 0 Å². The molecule has 0 aliphatic rings. The standard InChI is InChI=1S/C3H7FO3S.Li.H/c1-2-3(4)8(5,6)7;;/h3H,2H2,1H3,(H,5,6,7);;. The fourth-order valence-corrected chi connectivity index (χ4v) is 0.632. The molecule has 0 radical (unpaired) electrons. The molecule has 52 valence electrons. The predicted octanol–water partition coefficient (Wildman–Crippen LogP) is -0.0687. The van der Waals surface area contributed by atoms with Crippen molar-refractivity contribution in [2.24, 2.45) is 0 Å². The summed E-state index contributed by atoms with van der Waals surface area (Å²) in [5, 5.41) is 0. The second kappa shape index (κ2) is 4.28. The molecule has 9 heavy (non-hydrogen) atoms. The average molecular weight is 150 g/mol. The first kappa shape index (κ1) is 12.1. The SMILES string of the molecule is CCC(F)S(=O)(=O)O.[LiH]. The van der Waals surface area contributed by atoms with Crippen LogP contribution in [0.5, 0.6) is 0 Å². The van der Waals surface area contributed by atoms with Gasteiger partial charge in [0.2, 0.25) is 5.50 Å². The average Bonchev–Trinajstić information content (AvgIpc) is 1.62. The number of rotatable bonds is 2. The molecule has 0 saturated carbocycles. The first-order valence-corrected chi connectivity index (χ1v) is 3.59. The van der Waals surface area contributed by atoms with E-state index in [0.717, 1.165) is 0 Å². The van der Waals surface area contributed by atoms with Gasteiger partial charge in [0, 0.05) is 0 Å². The van der Waals surface area contributed by atoms with Crippen molar-refractivity contribution in [2.45, 2.75) is 18.8 Å². The van der Waals surface area contributed by atoms with Crippen LogP contribution in [0.15, 0.2) is 0 Å². The van der Waals surface area contributed by atoms with E-state index in [0.29, 0.717) is 0 Å². The minimum absolute atomic E-state index is 0. The van der Waals surface area contributed by atoms with Gasteiger partial charge in [-0.25, -0.2) is 4.39 Å². The molecule has 1 N–H and O–H groups in total. The van der Waals surface area contributed by atoms with Crippen LogP contribution in [0.2, 0.25) is 0 Å². The van der Waals surface area contributed by atoms with Crippen molar-refractivity contribution in [1.29, 1.82) is 0 Å². The third kappa shape index (κ3) is 4.91. The zero-order valence-corrected chi connectivity index (χ0v) is 5.15. The fraction of sp³-hybridized carbons (Fsp3) is 1.00. The molecule has 0 fully saturated rings. The van der Waals surface area contributed by atoms with Gasteiger partial charge in [0.15, 0.2) is 0 Å². The molecule has 1 atom stereocenters. The molecule has 0 aliphatic heterocycles. The van der Waals surface area contributed by atoms with Crippen molar-refractivity contribution in [2.75, 3.05) is 0 Å². The van der Waals surface area contributed by atoms with E-state index in [4.69, 9.17) is 4.55 Å². The van der Waals surface area contributed by atoms with Crippen LogP contribution in [0.25, 0.3) is 0 Å². The quantitative estimate of drug-likeness (QED) is 0.443. The summed E-state index contributed by atoms with van der Waals surface area (Å²) < 4.78 is 39.2. The summed E-state index contributed by atoms with van der Waals surface area (Å²) in [6.07, 6.45) is -0.209. The molecule has 0 aromatic rings. The van der Waals surface area contributed by atoms with Gasteiger partial charge in [-0.2, -0.15) is 8.42 Å². The number of hydrogen-bond donors (Lipinski definition) is 1. The number of halogens is 1. The molecular formula is C3H8FLiO3S. The zero-order chi connectivity index (χ0) is 6.78. The third-order valence-electron chi connectivity index (χ3n) is 0.644. The molecule has 0 heterocycles. The van der Waals surface area contributed by atoms with Gasteiger partial charge in [-0.3, -0.25) is 4.55 Å². The van der Waals surface area contributed by atoms with Crippen LogP contribution in [0.1, 0.15) is 13.3 Å². The van der Waals surface area contributed by atoms with Crippen LogP contribution in [-0.2, 0) is 10.1 Å². The normalized spacial score (nSPS) is 14.1. The summed E-state index contributed by atoms with van der Waals surface area (Å²) in [7, 11) is -4.42. The van der Waals surface area contributed by atoms with Crippen LogP contribution in [0, 0.1) is 0 Å². The summed E-state index contributed by atoms with van der Waals surface area (Å²) >= 11 is 0. The number of hydrogen-bond acceptors (Lipinski definition) is 2. The minimum atomic E-state index is -4.42. The Kier molecular flexibility index (Phi) is 5.78. The van der Waals surface area contributed by atoms with Crippen molar-refractivity contribution in [3.63, 3.8) is 0 Å². The van der Waals surface area contributed by atoms with Crippen LogP contribution in [0.4, 0.5) is 4.39 Å². The Morgan fingerprint density at radius 1 is 1.67 bits per heavy atom. The Bertz CT molecular complexity index is 154. The van der Waals surface area contributed by atoms with Gasteiger partial charge >= 0.3 is 18.9 Å². The second-order valence-electron chi connectivity index (χ2n) is 1.33. The molecule has 0 aromatic carbocycles. The van der Waals surface area contributed by atoms with E-state index in [9.17, 15) is 12.8 Å². The summed E-state index contributed by atoms with van der Waals surface area (Å²) in [5.74, 6) is 0. The second-order valence-corrected chi connectivity index (χ2v) is 2.87. The van der Waals surface area contributed by atoms with E-state index in [-0.39, 0.29) is 25.3 Å². The molecule has 0 aromatic heterocycles. The summed E-state index contributed by atoms with van der Waals surface area (Å²) in [5.41, 5.74) is -2.12. The van der Waals surface area contributed by atoms with E-state index in [2.05, 4.69) is 0 Å². The van der Waals surface area contributed by atoms with Crippen LogP contribution < -0.4 is 0 Å². The van der Waals surface area contributed by atoms with Crippen molar-refractivity contribution >= 4 is 29.0 Å². The van der Waals surface area contributed by atoms with Gasteiger partial charge in [-0.15, -0.1) is 0 Å². The Morgan fingerprint density at radius 3 is 2.00 bits per heavy atom. The van der Waals surface area contributed by atoms with Gasteiger partial charge in [0.1, 0.15) is 0 Å². The first-order chi connectivity index (χ1) is 3.48. The van der Waals surface area contributed by atoms with Gasteiger partial charge in [-0.1, -0.05) is 6.92 Å². The molecule has 0 rings (SSSR count). The predicted molar refractivity (Wildman–Crippen MR) is 33.9 cm³/mol. The third-order valence-corrected chi connectivity index (χ3v) is 1.62. The van der Waals surface area contributed by atoms with E-state index in [1.54, 1.807) is 0 Å². The summed E-state index contributed by atoms with van der Waals surface area (Å²) in [4.78, 5) is 0. The number of alkyl halides is 1. The molecule has 0 spiro atoms. The molecule has 3 nitrogen and oxygen atoms in total. The van der Waals surface area contributed by atoms with E-state index >= 15 is 0 Å². The fourth-order valence-electron chi connectivity index (χ4n) is 0.211. The Hall–Kier alpha value is 0.437. The molecule has 0 bridgehead atoms. The first-order valence-electron chi connectivity index (χ1n) is 2.09. The van der Waals surface area contributed by atoms with Gasteiger partial charge < -0.3 is 0 Å². The Morgan fingerprint density at radius 2 is 2.00 bits per heavy atom. The molecule has 0 saturated heterocycles. The van der Waals surface area contributed by atoms with E-state index < -0.39 is 15.6 Å². The van der Waals surface area contributed by atoms with Crippen LogP contribution in [0.3, 0.4) is 0 Å². The molecule has 6 heteroatoms. The zero-order valence-electron chi connectivity index (χ0n) is 4.33. The molecule has 1 unspecified atom stereocenters. The van der Waals surface area contributed by atoms with Crippen molar-refractivity contribution < 1.29 is 17.4 Å².